The van der Waals surface area contributed by atoms with Crippen LogP contribution in [0.1, 0.15) is 13.3 Å². The molecular weight excluding hydrogens is 236 g/mol. The van der Waals surface area contributed by atoms with Crippen LogP contribution >= 0.6 is 11.8 Å². The molecule has 1 heterocycles. The average molecular weight is 256 g/mol. The quantitative estimate of drug-likeness (QED) is 0.662. The lowest BCUT2D eigenvalue weighted by Gasteiger charge is -2.10. The van der Waals surface area contributed by atoms with Gasteiger partial charge in [-0.3, -0.25) is 0 Å². The number of aromatic nitrogens is 1. The molecule has 2 N–H and O–H groups in total. The molecule has 1 aromatic heterocycles. The fourth-order valence-electron chi connectivity index (χ4n) is 1.31. The second-order valence-corrected chi connectivity index (χ2v) is 4.62. The molecule has 4 nitrogen and oxygen atoms in total. The van der Waals surface area contributed by atoms with E-state index in [2.05, 4.69) is 10.3 Å². The van der Waals surface area contributed by atoms with Crippen molar-refractivity contribution < 1.29 is 9.84 Å². The molecule has 0 radical (unpaired) electrons. The topological polar surface area (TPSA) is 54.4 Å². The Labute approximate surface area is 107 Å². The van der Waals surface area contributed by atoms with Crippen LogP contribution in [0.15, 0.2) is 18.3 Å². The number of ether oxygens (including phenoxy) is 1. The second-order valence-electron chi connectivity index (χ2n) is 3.40. The summed E-state index contributed by atoms with van der Waals surface area (Å²) in [5.74, 6) is 3.60. The predicted octanol–water partition coefficient (Wildman–Crippen LogP) is 2.01. The van der Waals surface area contributed by atoms with Gasteiger partial charge in [0.25, 0.3) is 0 Å². The van der Waals surface area contributed by atoms with E-state index in [1.807, 2.05) is 30.8 Å². The van der Waals surface area contributed by atoms with E-state index in [4.69, 9.17) is 9.84 Å². The van der Waals surface area contributed by atoms with E-state index in [0.29, 0.717) is 6.61 Å². The number of hydrogen-bond donors (Lipinski definition) is 2. The molecule has 0 aliphatic carbocycles. The Bertz CT molecular complexity index is 310. The molecule has 1 aromatic rings. The Morgan fingerprint density at radius 2 is 2.35 bits per heavy atom. The molecule has 0 amide bonds. The van der Waals surface area contributed by atoms with Gasteiger partial charge in [-0.05, 0) is 31.2 Å². The summed E-state index contributed by atoms with van der Waals surface area (Å²) in [4.78, 5) is 4.25. The van der Waals surface area contributed by atoms with Crippen LogP contribution in [-0.4, -0.2) is 41.4 Å². The van der Waals surface area contributed by atoms with Crippen LogP contribution < -0.4 is 10.1 Å². The Morgan fingerprint density at radius 3 is 3.12 bits per heavy atom. The van der Waals surface area contributed by atoms with E-state index in [-0.39, 0.29) is 6.61 Å². The van der Waals surface area contributed by atoms with Crippen LogP contribution in [0, 0.1) is 0 Å². The van der Waals surface area contributed by atoms with Crippen molar-refractivity contribution in [2.45, 2.75) is 13.3 Å². The minimum absolute atomic E-state index is 0.273. The second kappa shape index (κ2) is 9.13. The van der Waals surface area contributed by atoms with E-state index in [1.165, 1.54) is 0 Å². The zero-order chi connectivity index (χ0) is 12.3. The number of nitrogens with one attached hydrogen (secondary N) is 1. The van der Waals surface area contributed by atoms with Crippen molar-refractivity contribution in [3.63, 3.8) is 0 Å². The van der Waals surface area contributed by atoms with Gasteiger partial charge < -0.3 is 15.2 Å². The van der Waals surface area contributed by atoms with Crippen LogP contribution in [0.25, 0.3) is 0 Å². The molecule has 0 saturated heterocycles. The Hall–Kier alpha value is -0.940. The largest absolute Gasteiger partial charge is 0.490 e. The SMILES string of the molecule is CCOc1cccnc1NCCSCCCO. The number of rotatable bonds is 9. The van der Waals surface area contributed by atoms with Gasteiger partial charge in [0.2, 0.25) is 0 Å². The van der Waals surface area contributed by atoms with Gasteiger partial charge in [0.05, 0.1) is 6.61 Å². The summed E-state index contributed by atoms with van der Waals surface area (Å²) in [6.07, 6.45) is 2.61. The predicted molar refractivity (Wildman–Crippen MR) is 72.9 cm³/mol. The summed E-state index contributed by atoms with van der Waals surface area (Å²) < 4.78 is 5.47. The molecule has 0 aromatic carbocycles. The Kier molecular flexibility index (Phi) is 7.58. The van der Waals surface area contributed by atoms with E-state index in [0.717, 1.165) is 36.0 Å². The standard InChI is InChI=1S/C12H20N2O2S/c1-2-16-11-5-3-6-13-12(11)14-7-10-17-9-4-8-15/h3,5-6,15H,2,4,7-10H2,1H3,(H,13,14). The number of aliphatic hydroxyl groups excluding tert-OH is 1. The van der Waals surface area contributed by atoms with E-state index in [1.54, 1.807) is 6.20 Å². The lowest BCUT2D eigenvalue weighted by atomic mass is 10.4. The zero-order valence-corrected chi connectivity index (χ0v) is 11.0. The summed E-state index contributed by atoms with van der Waals surface area (Å²) in [5.41, 5.74) is 0. The first-order chi connectivity index (χ1) is 8.38. The number of thioether (sulfide) groups is 1. The zero-order valence-electron chi connectivity index (χ0n) is 10.2. The third-order valence-corrected chi connectivity index (χ3v) is 3.13. The minimum Gasteiger partial charge on any atom is -0.490 e. The third kappa shape index (κ3) is 5.79. The third-order valence-electron chi connectivity index (χ3n) is 2.06. The molecule has 96 valence electrons. The molecule has 0 fully saturated rings. The number of aliphatic hydroxyl groups is 1. The monoisotopic (exact) mass is 256 g/mol. The molecule has 0 unspecified atom stereocenters. The summed E-state index contributed by atoms with van der Waals surface area (Å²) in [5, 5.41) is 11.9. The van der Waals surface area contributed by atoms with E-state index >= 15 is 0 Å². The van der Waals surface area contributed by atoms with E-state index in [9.17, 15) is 0 Å². The molecule has 0 atom stereocenters. The van der Waals surface area contributed by atoms with Gasteiger partial charge in [-0.25, -0.2) is 4.98 Å². The summed E-state index contributed by atoms with van der Waals surface area (Å²) in [7, 11) is 0. The molecular formula is C12H20N2O2S. The highest BCUT2D eigenvalue weighted by Crippen LogP contribution is 2.20. The first-order valence-corrected chi connectivity index (χ1v) is 7.04. The molecule has 17 heavy (non-hydrogen) atoms. The van der Waals surface area contributed by atoms with Crippen molar-refractivity contribution in [2.24, 2.45) is 0 Å². The highest BCUT2D eigenvalue weighted by atomic mass is 32.2. The van der Waals surface area contributed by atoms with Crippen molar-refractivity contribution >= 4 is 17.6 Å². The number of hydrogen-bond acceptors (Lipinski definition) is 5. The van der Waals surface area contributed by atoms with Gasteiger partial charge in [0, 0.05) is 25.1 Å². The van der Waals surface area contributed by atoms with Gasteiger partial charge in [-0.2, -0.15) is 11.8 Å². The Balaban J connectivity index is 2.25. The maximum atomic E-state index is 8.64. The smallest absolute Gasteiger partial charge is 0.168 e. The van der Waals surface area contributed by atoms with E-state index < -0.39 is 0 Å². The van der Waals surface area contributed by atoms with Crippen molar-refractivity contribution in [3.8, 4) is 5.75 Å². The first kappa shape index (κ1) is 14.1. The maximum absolute atomic E-state index is 8.64. The lowest BCUT2D eigenvalue weighted by Crippen LogP contribution is -2.08. The van der Waals surface area contributed by atoms with Crippen LogP contribution in [0.3, 0.4) is 0 Å². The molecule has 5 heteroatoms. The van der Waals surface area contributed by atoms with Crippen LogP contribution in [0.4, 0.5) is 5.82 Å². The van der Waals surface area contributed by atoms with Gasteiger partial charge in [-0.15, -0.1) is 0 Å². The number of anilines is 1. The fraction of sp³-hybridized carbons (Fsp3) is 0.583. The fourth-order valence-corrected chi connectivity index (χ4v) is 2.09. The normalized spacial score (nSPS) is 10.2. The van der Waals surface area contributed by atoms with Crippen LogP contribution in [-0.2, 0) is 0 Å². The first-order valence-electron chi connectivity index (χ1n) is 5.88. The molecule has 0 aliphatic heterocycles. The van der Waals surface area contributed by atoms with Crippen LogP contribution in [0.2, 0.25) is 0 Å². The van der Waals surface area contributed by atoms with Gasteiger partial charge >= 0.3 is 0 Å². The molecule has 0 aliphatic rings. The summed E-state index contributed by atoms with van der Waals surface area (Å²) in [6, 6.07) is 3.78. The average Bonchev–Trinajstić information content (AvgIpc) is 2.36. The molecule has 0 bridgehead atoms. The molecule has 0 saturated carbocycles. The van der Waals surface area contributed by atoms with Crippen molar-refractivity contribution in [2.75, 3.05) is 36.6 Å². The summed E-state index contributed by atoms with van der Waals surface area (Å²) >= 11 is 1.83. The highest BCUT2D eigenvalue weighted by Gasteiger charge is 2.02. The highest BCUT2D eigenvalue weighted by molar-refractivity contribution is 7.99. The van der Waals surface area contributed by atoms with Gasteiger partial charge in [-0.1, -0.05) is 0 Å². The van der Waals surface area contributed by atoms with Crippen molar-refractivity contribution in [1.29, 1.82) is 0 Å². The molecule has 1 rings (SSSR count). The van der Waals surface area contributed by atoms with Crippen molar-refractivity contribution in [3.05, 3.63) is 18.3 Å². The van der Waals surface area contributed by atoms with Gasteiger partial charge in [0.1, 0.15) is 0 Å². The lowest BCUT2D eigenvalue weighted by molar-refractivity contribution is 0.296. The number of nitrogens with zero attached hydrogens (tertiary/aromatic N) is 1. The summed E-state index contributed by atoms with van der Waals surface area (Å²) in [6.45, 7) is 3.73. The maximum Gasteiger partial charge on any atom is 0.168 e. The minimum atomic E-state index is 0.273. The van der Waals surface area contributed by atoms with Gasteiger partial charge in [0.15, 0.2) is 11.6 Å². The van der Waals surface area contributed by atoms with Crippen molar-refractivity contribution in [1.82, 2.24) is 4.98 Å². The Morgan fingerprint density at radius 1 is 1.47 bits per heavy atom. The van der Waals surface area contributed by atoms with Crippen LogP contribution in [0.5, 0.6) is 5.75 Å². The number of pyridine rings is 1. The molecule has 0 spiro atoms.